The molecule has 0 aliphatic heterocycles. The van der Waals surface area contributed by atoms with E-state index >= 15 is 0 Å². The van der Waals surface area contributed by atoms with Gasteiger partial charge >= 0.3 is 0 Å². The van der Waals surface area contributed by atoms with Crippen LogP contribution in [0.15, 0.2) is 29.1 Å². The van der Waals surface area contributed by atoms with E-state index in [1.54, 1.807) is 6.07 Å². The van der Waals surface area contributed by atoms with Crippen molar-refractivity contribution in [3.63, 3.8) is 0 Å². The molecule has 0 spiro atoms. The number of halogens is 1. The zero-order chi connectivity index (χ0) is 15.9. The third-order valence-corrected chi connectivity index (χ3v) is 3.18. The second-order valence-corrected chi connectivity index (χ2v) is 4.54. The first-order valence-corrected chi connectivity index (χ1v) is 6.21. The quantitative estimate of drug-likeness (QED) is 0.378. The van der Waals surface area contributed by atoms with Crippen LogP contribution in [-0.4, -0.2) is 27.0 Å². The van der Waals surface area contributed by atoms with Crippen molar-refractivity contribution in [3.05, 3.63) is 44.7 Å². The number of pyridine rings is 1. The molecule has 4 N–H and O–H groups in total. The Morgan fingerprint density at radius 2 is 2.04 bits per heavy atom. The third kappa shape index (κ3) is 2.81. The number of nitrogens with two attached hydrogens (primary N) is 1. The molecule has 0 radical (unpaired) electrons. The number of methoxy groups -OCH3 is 1. The molecule has 0 aliphatic rings. The number of rotatable bonds is 3. The molecule has 0 amide bonds. The lowest BCUT2D eigenvalue weighted by molar-refractivity contribution is -0.383. The van der Waals surface area contributed by atoms with Crippen LogP contribution in [-0.2, 0) is 0 Å². The molecule has 0 atom stereocenters. The molecule has 0 fully saturated rings. The third-order valence-electron chi connectivity index (χ3n) is 3.18. The maximum absolute atomic E-state index is 11.3. The molecule has 120 valence electrons. The van der Waals surface area contributed by atoms with Crippen LogP contribution in [0.25, 0.3) is 22.6 Å². The second-order valence-electron chi connectivity index (χ2n) is 4.54. The van der Waals surface area contributed by atoms with Crippen molar-refractivity contribution >= 4 is 34.9 Å². The summed E-state index contributed by atoms with van der Waals surface area (Å²) in [4.78, 5) is 31.5. The summed E-state index contributed by atoms with van der Waals surface area (Å²) < 4.78 is 5.20. The zero-order valence-corrected chi connectivity index (χ0v) is 12.6. The molecule has 9 nitrogen and oxygen atoms in total. The molecule has 2 aromatic heterocycles. The highest BCUT2D eigenvalue weighted by atomic mass is 35.5. The van der Waals surface area contributed by atoms with Crippen LogP contribution < -0.4 is 16.0 Å². The summed E-state index contributed by atoms with van der Waals surface area (Å²) in [5, 5.41) is 11.0. The number of nitrogens with zero attached hydrogens (tertiary/aromatic N) is 2. The Hall–Kier alpha value is -3.07. The molecule has 0 saturated heterocycles. The van der Waals surface area contributed by atoms with Gasteiger partial charge in [0.15, 0.2) is 5.65 Å². The van der Waals surface area contributed by atoms with Crippen molar-refractivity contribution in [1.29, 1.82) is 0 Å². The number of hydrogen-bond donors (Lipinski definition) is 3. The van der Waals surface area contributed by atoms with Gasteiger partial charge in [0, 0.05) is 18.2 Å². The first kappa shape index (κ1) is 16.3. The van der Waals surface area contributed by atoms with E-state index in [1.807, 2.05) is 0 Å². The van der Waals surface area contributed by atoms with Crippen LogP contribution in [0, 0.1) is 10.1 Å². The van der Waals surface area contributed by atoms with Gasteiger partial charge in [-0.1, -0.05) is 0 Å². The van der Waals surface area contributed by atoms with E-state index in [4.69, 9.17) is 10.5 Å². The number of hydrogen-bond acceptors (Lipinski definition) is 6. The highest BCUT2D eigenvalue weighted by molar-refractivity contribution is 5.85. The van der Waals surface area contributed by atoms with Gasteiger partial charge in [-0.3, -0.25) is 14.9 Å². The first-order chi connectivity index (χ1) is 10.5. The monoisotopic (exact) mass is 337 g/mol. The van der Waals surface area contributed by atoms with Gasteiger partial charge in [-0.2, -0.15) is 0 Å². The summed E-state index contributed by atoms with van der Waals surface area (Å²) in [6.07, 6.45) is 0. The van der Waals surface area contributed by atoms with Crippen molar-refractivity contribution in [2.75, 3.05) is 12.8 Å². The van der Waals surface area contributed by atoms with Gasteiger partial charge < -0.3 is 20.4 Å². The van der Waals surface area contributed by atoms with Crippen LogP contribution in [0.4, 0.5) is 11.4 Å². The maximum atomic E-state index is 11.3. The van der Waals surface area contributed by atoms with E-state index in [1.165, 1.54) is 25.3 Å². The number of benzene rings is 1. The number of anilines is 1. The maximum Gasteiger partial charge on any atom is 0.293 e. The minimum atomic E-state index is -0.581. The molecule has 1 aromatic carbocycles. The molecular formula is C13H12ClN5O4. The van der Waals surface area contributed by atoms with Gasteiger partial charge in [-0.05, 0) is 6.07 Å². The van der Waals surface area contributed by atoms with Crippen molar-refractivity contribution in [2.24, 2.45) is 0 Å². The van der Waals surface area contributed by atoms with E-state index < -0.39 is 4.92 Å². The van der Waals surface area contributed by atoms with E-state index in [2.05, 4.69) is 15.0 Å². The Bertz CT molecular complexity index is 949. The molecule has 3 rings (SSSR count). The highest BCUT2D eigenvalue weighted by Gasteiger charge is 2.20. The largest absolute Gasteiger partial charge is 0.496 e. The summed E-state index contributed by atoms with van der Waals surface area (Å²) >= 11 is 0. The highest BCUT2D eigenvalue weighted by Crippen LogP contribution is 2.36. The Balaban J connectivity index is 0.00000192. The predicted molar refractivity (Wildman–Crippen MR) is 87.0 cm³/mol. The van der Waals surface area contributed by atoms with Crippen LogP contribution in [0.1, 0.15) is 0 Å². The number of nitro groups is 1. The molecule has 23 heavy (non-hydrogen) atoms. The minimum absolute atomic E-state index is 0. The fourth-order valence-corrected chi connectivity index (χ4v) is 2.14. The lowest BCUT2D eigenvalue weighted by atomic mass is 10.1. The lowest BCUT2D eigenvalue weighted by Crippen LogP contribution is -2.01. The van der Waals surface area contributed by atoms with E-state index in [-0.39, 0.29) is 29.3 Å². The van der Waals surface area contributed by atoms with Crippen LogP contribution in [0.3, 0.4) is 0 Å². The number of nitro benzene ring substituents is 1. The number of H-pyrrole nitrogens is 2. The van der Waals surface area contributed by atoms with Crippen LogP contribution in [0.5, 0.6) is 5.75 Å². The Labute approximate surface area is 135 Å². The summed E-state index contributed by atoms with van der Waals surface area (Å²) in [5.41, 5.74) is 6.42. The van der Waals surface area contributed by atoms with Gasteiger partial charge in [0.2, 0.25) is 5.56 Å². The van der Waals surface area contributed by atoms with Gasteiger partial charge in [-0.25, -0.2) is 4.98 Å². The Morgan fingerprint density at radius 3 is 2.70 bits per heavy atom. The molecular weight excluding hydrogens is 326 g/mol. The molecule has 0 bridgehead atoms. The Kier molecular flexibility index (Phi) is 4.23. The van der Waals surface area contributed by atoms with Crippen LogP contribution in [0.2, 0.25) is 0 Å². The van der Waals surface area contributed by atoms with E-state index in [0.29, 0.717) is 28.3 Å². The van der Waals surface area contributed by atoms with Crippen molar-refractivity contribution < 1.29 is 9.66 Å². The topological polar surface area (TPSA) is 140 Å². The fraction of sp³-hybridized carbons (Fsp3) is 0.0769. The average molecular weight is 338 g/mol. The SMILES string of the molecule is COc1cc(N)c([N+](=O)[O-])cc1-c1nc2[nH]c(=O)ccc2[nH]1.Cl. The number of imidazole rings is 1. The Morgan fingerprint density at radius 1 is 1.30 bits per heavy atom. The van der Waals surface area contributed by atoms with Crippen molar-refractivity contribution in [3.8, 4) is 17.1 Å². The fourth-order valence-electron chi connectivity index (χ4n) is 2.14. The molecule has 2 heterocycles. The van der Waals surface area contributed by atoms with E-state index in [0.717, 1.165) is 0 Å². The molecule has 0 unspecified atom stereocenters. The van der Waals surface area contributed by atoms with Gasteiger partial charge in [0.1, 0.15) is 17.3 Å². The first-order valence-electron chi connectivity index (χ1n) is 6.21. The number of ether oxygens (including phenoxy) is 1. The summed E-state index contributed by atoms with van der Waals surface area (Å²) in [6, 6.07) is 5.57. The number of aromatic nitrogens is 3. The summed E-state index contributed by atoms with van der Waals surface area (Å²) in [7, 11) is 1.43. The number of aromatic amines is 2. The summed E-state index contributed by atoms with van der Waals surface area (Å²) in [5.74, 6) is 0.668. The molecule has 3 aromatic rings. The predicted octanol–water partition coefficient (Wildman–Crippen LogP) is 1.84. The van der Waals surface area contributed by atoms with E-state index in [9.17, 15) is 14.9 Å². The van der Waals surface area contributed by atoms with Crippen molar-refractivity contribution in [2.45, 2.75) is 0 Å². The zero-order valence-electron chi connectivity index (χ0n) is 11.8. The molecule has 10 heteroatoms. The normalized spacial score (nSPS) is 10.3. The van der Waals surface area contributed by atoms with Crippen LogP contribution >= 0.6 is 12.4 Å². The molecule has 0 saturated carbocycles. The second kappa shape index (κ2) is 5.97. The lowest BCUT2D eigenvalue weighted by Gasteiger charge is -2.07. The smallest absolute Gasteiger partial charge is 0.293 e. The number of fused-ring (bicyclic) bond motifs is 1. The average Bonchev–Trinajstić information content (AvgIpc) is 2.89. The van der Waals surface area contributed by atoms with Gasteiger partial charge in [0.25, 0.3) is 5.69 Å². The minimum Gasteiger partial charge on any atom is -0.496 e. The van der Waals surface area contributed by atoms with Gasteiger partial charge in [-0.15, -0.1) is 12.4 Å². The molecule has 0 aliphatic carbocycles. The van der Waals surface area contributed by atoms with Gasteiger partial charge in [0.05, 0.1) is 23.1 Å². The number of nitrogens with one attached hydrogen (secondary N) is 2. The van der Waals surface area contributed by atoms with Crippen molar-refractivity contribution in [1.82, 2.24) is 15.0 Å². The standard InChI is InChI=1S/C13H11N5O4.ClH/c1-22-10-5-7(14)9(18(20)21)4-6(10)12-15-8-2-3-11(19)16-13(8)17-12;/h2-5H,14H2,1H3,(H2,15,16,17,19);1H. The summed E-state index contributed by atoms with van der Waals surface area (Å²) in [6.45, 7) is 0. The number of nitrogen functional groups attached to an aromatic ring is 1.